The van der Waals surface area contributed by atoms with Crippen LogP contribution in [-0.4, -0.2) is 19.2 Å². The Hall–Kier alpha value is -0.570. The van der Waals surface area contributed by atoms with Gasteiger partial charge in [0.2, 0.25) is 0 Å². The summed E-state index contributed by atoms with van der Waals surface area (Å²) >= 11 is 6.36. The van der Waals surface area contributed by atoms with E-state index in [-0.39, 0.29) is 5.60 Å². The Balaban J connectivity index is 1.73. The van der Waals surface area contributed by atoms with E-state index in [1.165, 1.54) is 36.8 Å². The van der Waals surface area contributed by atoms with Gasteiger partial charge in [0.05, 0.1) is 6.61 Å². The molecule has 0 radical (unpaired) electrons. The van der Waals surface area contributed by atoms with Crippen molar-refractivity contribution in [1.82, 2.24) is 5.32 Å². The monoisotopic (exact) mass is 293 g/mol. The van der Waals surface area contributed by atoms with E-state index in [0.717, 1.165) is 31.0 Å². The van der Waals surface area contributed by atoms with E-state index >= 15 is 0 Å². The van der Waals surface area contributed by atoms with Gasteiger partial charge in [0, 0.05) is 17.6 Å². The zero-order chi connectivity index (χ0) is 14.0. The standard InChI is InChI=1S/C17H24ClNO/c1-2-3-4-5-6-13-9-14(7-8-16(13)18)17-10-15(11-20-17)19-12-17/h7-9,15,19H,2-6,10-12H2,1H3. The van der Waals surface area contributed by atoms with Crippen molar-refractivity contribution in [1.29, 1.82) is 0 Å². The van der Waals surface area contributed by atoms with Crippen molar-refractivity contribution in [3.63, 3.8) is 0 Å². The number of ether oxygens (including phenoxy) is 1. The number of rotatable bonds is 6. The molecule has 2 bridgehead atoms. The topological polar surface area (TPSA) is 21.3 Å². The van der Waals surface area contributed by atoms with Gasteiger partial charge < -0.3 is 10.1 Å². The molecular formula is C17H24ClNO. The highest BCUT2D eigenvalue weighted by Crippen LogP contribution is 2.41. The van der Waals surface area contributed by atoms with E-state index in [1.807, 2.05) is 0 Å². The minimum atomic E-state index is -0.0899. The second-order valence-electron chi connectivity index (χ2n) is 6.20. The van der Waals surface area contributed by atoms with Crippen LogP contribution in [-0.2, 0) is 16.8 Å². The van der Waals surface area contributed by atoms with Crippen LogP contribution in [0.1, 0.15) is 50.2 Å². The number of aryl methyl sites for hydroxylation is 1. The highest BCUT2D eigenvalue weighted by atomic mass is 35.5. The third kappa shape index (κ3) is 2.74. The molecule has 1 aromatic carbocycles. The Morgan fingerprint density at radius 1 is 1.35 bits per heavy atom. The Kier molecular flexibility index (Phi) is 4.34. The van der Waals surface area contributed by atoms with Crippen LogP contribution >= 0.6 is 11.6 Å². The summed E-state index contributed by atoms with van der Waals surface area (Å²) in [5.74, 6) is 0. The maximum atomic E-state index is 6.36. The summed E-state index contributed by atoms with van der Waals surface area (Å²) in [6, 6.07) is 7.02. The molecule has 110 valence electrons. The molecule has 2 fully saturated rings. The summed E-state index contributed by atoms with van der Waals surface area (Å²) in [5, 5.41) is 4.44. The van der Waals surface area contributed by atoms with Crippen LogP contribution in [0.4, 0.5) is 0 Å². The average molecular weight is 294 g/mol. The number of unbranched alkanes of at least 4 members (excludes halogenated alkanes) is 3. The average Bonchev–Trinajstić information content (AvgIpc) is 3.07. The number of fused-ring (bicyclic) bond motifs is 2. The maximum absolute atomic E-state index is 6.36. The van der Waals surface area contributed by atoms with Crippen molar-refractivity contribution in [3.8, 4) is 0 Å². The van der Waals surface area contributed by atoms with Crippen molar-refractivity contribution in [2.24, 2.45) is 0 Å². The molecule has 2 aliphatic rings. The van der Waals surface area contributed by atoms with Crippen LogP contribution in [0.25, 0.3) is 0 Å². The van der Waals surface area contributed by atoms with E-state index in [9.17, 15) is 0 Å². The zero-order valence-electron chi connectivity index (χ0n) is 12.3. The quantitative estimate of drug-likeness (QED) is 0.799. The van der Waals surface area contributed by atoms with Crippen LogP contribution in [0.2, 0.25) is 5.02 Å². The molecule has 3 heteroatoms. The second kappa shape index (κ2) is 6.05. The molecule has 2 nitrogen and oxygen atoms in total. The number of benzene rings is 1. The first-order valence-corrected chi connectivity index (χ1v) is 8.27. The van der Waals surface area contributed by atoms with Crippen molar-refractivity contribution >= 4 is 11.6 Å². The van der Waals surface area contributed by atoms with Gasteiger partial charge in [-0.05, 0) is 36.5 Å². The summed E-state index contributed by atoms with van der Waals surface area (Å²) in [4.78, 5) is 0. The largest absolute Gasteiger partial charge is 0.367 e. The summed E-state index contributed by atoms with van der Waals surface area (Å²) in [6.45, 7) is 4.02. The van der Waals surface area contributed by atoms with Gasteiger partial charge in [-0.2, -0.15) is 0 Å². The fraction of sp³-hybridized carbons (Fsp3) is 0.647. The molecule has 0 aromatic heterocycles. The molecule has 2 saturated heterocycles. The van der Waals surface area contributed by atoms with Gasteiger partial charge in [0.25, 0.3) is 0 Å². The maximum Gasteiger partial charge on any atom is 0.107 e. The Morgan fingerprint density at radius 3 is 2.90 bits per heavy atom. The van der Waals surface area contributed by atoms with E-state index in [0.29, 0.717) is 6.04 Å². The fourth-order valence-corrected chi connectivity index (χ4v) is 3.65. The number of halogens is 1. The van der Waals surface area contributed by atoms with Gasteiger partial charge in [-0.1, -0.05) is 49.9 Å². The van der Waals surface area contributed by atoms with Gasteiger partial charge in [-0.15, -0.1) is 0 Å². The summed E-state index contributed by atoms with van der Waals surface area (Å²) < 4.78 is 6.06. The molecule has 2 heterocycles. The molecule has 1 N–H and O–H groups in total. The lowest BCUT2D eigenvalue weighted by Crippen LogP contribution is -2.37. The number of hydrogen-bond acceptors (Lipinski definition) is 2. The summed E-state index contributed by atoms with van der Waals surface area (Å²) in [7, 11) is 0. The summed E-state index contributed by atoms with van der Waals surface area (Å²) in [6.07, 6.45) is 7.30. The molecular weight excluding hydrogens is 270 g/mol. The Morgan fingerprint density at radius 2 is 2.25 bits per heavy atom. The minimum absolute atomic E-state index is 0.0899. The number of nitrogens with one attached hydrogen (secondary N) is 1. The van der Waals surface area contributed by atoms with Crippen molar-refractivity contribution < 1.29 is 4.74 Å². The van der Waals surface area contributed by atoms with Crippen LogP contribution in [0, 0.1) is 0 Å². The van der Waals surface area contributed by atoms with Gasteiger partial charge >= 0.3 is 0 Å². The van der Waals surface area contributed by atoms with Crippen LogP contribution in [0.15, 0.2) is 18.2 Å². The SMILES string of the molecule is CCCCCCc1cc(C23CNC(CO2)C3)ccc1Cl. The number of hydrogen-bond donors (Lipinski definition) is 1. The molecule has 20 heavy (non-hydrogen) atoms. The van der Waals surface area contributed by atoms with Crippen LogP contribution in [0.3, 0.4) is 0 Å². The van der Waals surface area contributed by atoms with Gasteiger partial charge in [0.15, 0.2) is 0 Å². The van der Waals surface area contributed by atoms with Crippen molar-refractivity contribution in [2.45, 2.75) is 57.1 Å². The molecule has 3 rings (SSSR count). The first-order chi connectivity index (χ1) is 9.73. The molecule has 2 aliphatic heterocycles. The molecule has 0 saturated carbocycles. The normalized spacial score (nSPS) is 28.2. The van der Waals surface area contributed by atoms with Crippen LogP contribution < -0.4 is 5.32 Å². The van der Waals surface area contributed by atoms with Gasteiger partial charge in [-0.25, -0.2) is 0 Å². The fourth-order valence-electron chi connectivity index (χ4n) is 3.43. The minimum Gasteiger partial charge on any atom is -0.367 e. The predicted molar refractivity (Wildman–Crippen MR) is 83.3 cm³/mol. The third-order valence-corrected chi connectivity index (χ3v) is 5.05. The van der Waals surface area contributed by atoms with E-state index < -0.39 is 0 Å². The lowest BCUT2D eigenvalue weighted by molar-refractivity contribution is -0.00963. The van der Waals surface area contributed by atoms with Gasteiger partial charge in [-0.3, -0.25) is 0 Å². The Bertz CT molecular complexity index is 466. The molecule has 0 amide bonds. The first kappa shape index (κ1) is 14.4. The smallest absolute Gasteiger partial charge is 0.107 e. The number of morpholine rings is 1. The molecule has 2 atom stereocenters. The highest BCUT2D eigenvalue weighted by Gasteiger charge is 2.47. The van der Waals surface area contributed by atoms with Crippen molar-refractivity contribution in [3.05, 3.63) is 34.3 Å². The zero-order valence-corrected chi connectivity index (χ0v) is 13.0. The predicted octanol–water partition coefficient (Wildman–Crippen LogP) is 4.05. The van der Waals surface area contributed by atoms with Gasteiger partial charge in [0.1, 0.15) is 5.60 Å². The Labute approximate surface area is 126 Å². The second-order valence-corrected chi connectivity index (χ2v) is 6.61. The lowest BCUT2D eigenvalue weighted by atomic mass is 9.90. The van der Waals surface area contributed by atoms with E-state index in [4.69, 9.17) is 16.3 Å². The van der Waals surface area contributed by atoms with Crippen LogP contribution in [0.5, 0.6) is 0 Å². The molecule has 0 aliphatic carbocycles. The molecule has 0 spiro atoms. The van der Waals surface area contributed by atoms with Crippen molar-refractivity contribution in [2.75, 3.05) is 13.2 Å². The summed E-state index contributed by atoms with van der Waals surface area (Å²) in [5.41, 5.74) is 2.50. The van der Waals surface area contributed by atoms with E-state index in [1.54, 1.807) is 0 Å². The molecule has 1 aromatic rings. The van der Waals surface area contributed by atoms with E-state index in [2.05, 4.69) is 30.4 Å². The third-order valence-electron chi connectivity index (χ3n) is 4.68. The highest BCUT2D eigenvalue weighted by molar-refractivity contribution is 6.31. The lowest BCUT2D eigenvalue weighted by Gasteiger charge is -2.28. The molecule has 2 unspecified atom stereocenters. The first-order valence-electron chi connectivity index (χ1n) is 7.90.